The molecule has 0 aliphatic rings. The molecule has 0 unspecified atom stereocenters. The Morgan fingerprint density at radius 2 is 1.81 bits per heavy atom. The van der Waals surface area contributed by atoms with Gasteiger partial charge in [-0.3, -0.25) is 10.1 Å². The molecule has 2 aromatic rings. The largest absolute Gasteiger partial charge is 0.436 e. The molecule has 1 aromatic carbocycles. The summed E-state index contributed by atoms with van der Waals surface area (Å²) in [5.74, 6) is 0.719. The number of hydrogen-bond donors (Lipinski definition) is 0. The maximum Gasteiger partial charge on any atom is 0.272 e. The minimum Gasteiger partial charge on any atom is -0.436 e. The predicted octanol–water partition coefficient (Wildman–Crippen LogP) is 4.70. The molecule has 0 amide bonds. The molecule has 110 valence electrons. The van der Waals surface area contributed by atoms with Gasteiger partial charge >= 0.3 is 0 Å². The number of benzene rings is 1. The molecule has 0 radical (unpaired) electrons. The summed E-state index contributed by atoms with van der Waals surface area (Å²) in [6.45, 7) is 1.86. The molecule has 2 rings (SSSR count). The van der Waals surface area contributed by atoms with Crippen LogP contribution in [0.4, 0.5) is 5.69 Å². The molecule has 1 heterocycles. The van der Waals surface area contributed by atoms with Crippen LogP contribution >= 0.6 is 34.8 Å². The molecule has 0 atom stereocenters. The van der Waals surface area contributed by atoms with Crippen LogP contribution in [0.5, 0.6) is 11.6 Å². The SMILES string of the molecule is CCc1nc(Cl)cc(Oc2c(Cl)cc([N+](=O)[O-])cc2Cl)n1. The predicted molar refractivity (Wildman–Crippen MR) is 79.6 cm³/mol. The van der Waals surface area contributed by atoms with Crippen molar-refractivity contribution in [3.05, 3.63) is 49.3 Å². The van der Waals surface area contributed by atoms with Crippen molar-refractivity contribution in [3.8, 4) is 11.6 Å². The van der Waals surface area contributed by atoms with E-state index in [1.165, 1.54) is 6.07 Å². The quantitative estimate of drug-likeness (QED) is 0.454. The van der Waals surface area contributed by atoms with E-state index in [9.17, 15) is 10.1 Å². The molecular formula is C12H8Cl3N3O3. The lowest BCUT2D eigenvalue weighted by atomic mass is 10.3. The number of rotatable bonds is 4. The maximum atomic E-state index is 10.7. The van der Waals surface area contributed by atoms with Crippen LogP contribution in [0.25, 0.3) is 0 Å². The molecule has 0 aliphatic heterocycles. The Balaban J connectivity index is 2.40. The van der Waals surface area contributed by atoms with Gasteiger partial charge in [-0.15, -0.1) is 0 Å². The van der Waals surface area contributed by atoms with Crippen LogP contribution in [0.1, 0.15) is 12.7 Å². The van der Waals surface area contributed by atoms with Crippen molar-refractivity contribution in [1.29, 1.82) is 0 Å². The molecule has 0 N–H and O–H groups in total. The second-order valence-electron chi connectivity index (χ2n) is 3.90. The number of aryl methyl sites for hydroxylation is 1. The van der Waals surface area contributed by atoms with E-state index in [1.807, 2.05) is 6.92 Å². The van der Waals surface area contributed by atoms with E-state index < -0.39 is 4.92 Å². The van der Waals surface area contributed by atoms with E-state index in [0.717, 1.165) is 12.1 Å². The summed E-state index contributed by atoms with van der Waals surface area (Å²) >= 11 is 17.8. The van der Waals surface area contributed by atoms with Crippen LogP contribution in [-0.2, 0) is 6.42 Å². The average Bonchev–Trinajstić information content (AvgIpc) is 2.41. The highest BCUT2D eigenvalue weighted by Crippen LogP contribution is 2.39. The van der Waals surface area contributed by atoms with Gasteiger partial charge in [-0.05, 0) is 0 Å². The van der Waals surface area contributed by atoms with Crippen LogP contribution < -0.4 is 4.74 Å². The zero-order valence-corrected chi connectivity index (χ0v) is 12.9. The first-order valence-corrected chi connectivity index (χ1v) is 6.88. The lowest BCUT2D eigenvalue weighted by Gasteiger charge is -2.09. The summed E-state index contributed by atoms with van der Waals surface area (Å²) in [4.78, 5) is 18.2. The summed E-state index contributed by atoms with van der Waals surface area (Å²) in [6.07, 6.45) is 0.568. The molecule has 21 heavy (non-hydrogen) atoms. The Hall–Kier alpha value is -1.63. The van der Waals surface area contributed by atoms with Crippen molar-refractivity contribution < 1.29 is 9.66 Å². The molecule has 0 bridgehead atoms. The third-order valence-corrected chi connectivity index (χ3v) is 3.19. The van der Waals surface area contributed by atoms with E-state index in [4.69, 9.17) is 39.5 Å². The van der Waals surface area contributed by atoms with Crippen LogP contribution in [0, 0.1) is 10.1 Å². The molecule has 0 fully saturated rings. The molecular weight excluding hydrogens is 341 g/mol. The molecule has 0 aliphatic carbocycles. The highest BCUT2D eigenvalue weighted by molar-refractivity contribution is 6.37. The number of non-ortho nitro benzene ring substituents is 1. The summed E-state index contributed by atoms with van der Waals surface area (Å²) in [7, 11) is 0. The first-order chi connectivity index (χ1) is 9.90. The topological polar surface area (TPSA) is 78.2 Å². The van der Waals surface area contributed by atoms with Crippen molar-refractivity contribution >= 4 is 40.5 Å². The fourth-order valence-electron chi connectivity index (χ4n) is 1.51. The average molecular weight is 349 g/mol. The van der Waals surface area contributed by atoms with Gasteiger partial charge in [0.1, 0.15) is 11.0 Å². The van der Waals surface area contributed by atoms with Crippen molar-refractivity contribution in [1.82, 2.24) is 9.97 Å². The van der Waals surface area contributed by atoms with Gasteiger partial charge < -0.3 is 4.74 Å². The van der Waals surface area contributed by atoms with Crippen LogP contribution in [-0.4, -0.2) is 14.9 Å². The second kappa shape index (κ2) is 6.43. The number of hydrogen-bond acceptors (Lipinski definition) is 5. The summed E-state index contributed by atoms with van der Waals surface area (Å²) in [6, 6.07) is 3.69. The molecule has 9 heteroatoms. The van der Waals surface area contributed by atoms with Crippen LogP contribution in [0.3, 0.4) is 0 Å². The third kappa shape index (κ3) is 3.72. The second-order valence-corrected chi connectivity index (χ2v) is 5.10. The van der Waals surface area contributed by atoms with Gasteiger partial charge in [0.05, 0.1) is 15.0 Å². The fraction of sp³-hybridized carbons (Fsp3) is 0.167. The number of nitrogens with zero attached hydrogens (tertiary/aromatic N) is 3. The highest BCUT2D eigenvalue weighted by atomic mass is 35.5. The maximum absolute atomic E-state index is 10.7. The van der Waals surface area contributed by atoms with Gasteiger partial charge in [0, 0.05) is 24.6 Å². The smallest absolute Gasteiger partial charge is 0.272 e. The van der Waals surface area contributed by atoms with E-state index in [-0.39, 0.29) is 32.5 Å². The Morgan fingerprint density at radius 1 is 1.19 bits per heavy atom. The minimum absolute atomic E-state index is 0.00184. The van der Waals surface area contributed by atoms with Crippen molar-refractivity contribution in [2.45, 2.75) is 13.3 Å². The molecule has 0 saturated carbocycles. The van der Waals surface area contributed by atoms with Gasteiger partial charge in [0.25, 0.3) is 5.69 Å². The van der Waals surface area contributed by atoms with Crippen LogP contribution in [0.15, 0.2) is 18.2 Å². The fourth-order valence-corrected chi connectivity index (χ4v) is 2.25. The van der Waals surface area contributed by atoms with Gasteiger partial charge in [-0.25, -0.2) is 4.98 Å². The van der Waals surface area contributed by atoms with Crippen molar-refractivity contribution in [2.24, 2.45) is 0 Å². The zero-order valence-electron chi connectivity index (χ0n) is 10.6. The van der Waals surface area contributed by atoms with E-state index in [2.05, 4.69) is 9.97 Å². The Morgan fingerprint density at radius 3 is 2.33 bits per heavy atom. The Kier molecular flexibility index (Phi) is 4.82. The van der Waals surface area contributed by atoms with E-state index >= 15 is 0 Å². The Labute approximate surface area is 134 Å². The number of aromatic nitrogens is 2. The van der Waals surface area contributed by atoms with Gasteiger partial charge in [0.15, 0.2) is 5.75 Å². The molecule has 0 spiro atoms. The molecule has 1 aromatic heterocycles. The third-order valence-electron chi connectivity index (χ3n) is 2.43. The lowest BCUT2D eigenvalue weighted by Crippen LogP contribution is -1.97. The van der Waals surface area contributed by atoms with Gasteiger partial charge in [-0.1, -0.05) is 41.7 Å². The lowest BCUT2D eigenvalue weighted by molar-refractivity contribution is -0.384. The first-order valence-electron chi connectivity index (χ1n) is 5.75. The zero-order chi connectivity index (χ0) is 15.6. The van der Waals surface area contributed by atoms with E-state index in [1.54, 1.807) is 0 Å². The summed E-state index contributed by atoms with van der Waals surface area (Å²) < 4.78 is 5.48. The number of halogens is 3. The van der Waals surface area contributed by atoms with Gasteiger partial charge in [0.2, 0.25) is 5.88 Å². The Bertz CT molecular complexity index is 686. The standard InChI is InChI=1S/C12H8Cl3N3O3/c1-2-10-16-9(15)5-11(17-10)21-12-7(13)3-6(18(19)20)4-8(12)14/h3-5H,2H2,1H3. The normalized spacial score (nSPS) is 10.5. The summed E-state index contributed by atoms with van der Waals surface area (Å²) in [5, 5.41) is 10.9. The number of nitro benzene ring substituents is 1. The van der Waals surface area contributed by atoms with Crippen molar-refractivity contribution in [3.63, 3.8) is 0 Å². The van der Waals surface area contributed by atoms with E-state index in [0.29, 0.717) is 12.2 Å². The highest BCUT2D eigenvalue weighted by Gasteiger charge is 2.17. The molecule has 0 saturated heterocycles. The van der Waals surface area contributed by atoms with Gasteiger partial charge in [-0.2, -0.15) is 4.98 Å². The molecule has 6 nitrogen and oxygen atoms in total. The number of ether oxygens (including phenoxy) is 1. The number of nitro groups is 1. The monoisotopic (exact) mass is 347 g/mol. The summed E-state index contributed by atoms with van der Waals surface area (Å²) in [5.41, 5.74) is -0.229. The minimum atomic E-state index is -0.599. The first kappa shape index (κ1) is 15.8. The van der Waals surface area contributed by atoms with Crippen LogP contribution in [0.2, 0.25) is 15.2 Å². The van der Waals surface area contributed by atoms with Crippen molar-refractivity contribution in [2.75, 3.05) is 0 Å².